The fourth-order valence-corrected chi connectivity index (χ4v) is 4.45. The van der Waals surface area contributed by atoms with Gasteiger partial charge in [-0.3, -0.25) is 14.5 Å². The Morgan fingerprint density at radius 3 is 2.57 bits per heavy atom. The van der Waals surface area contributed by atoms with Crippen LogP contribution in [-0.2, 0) is 23.9 Å². The number of rotatable bonds is 3. The van der Waals surface area contributed by atoms with E-state index < -0.39 is 23.6 Å². The molecule has 0 saturated carbocycles. The van der Waals surface area contributed by atoms with E-state index in [1.54, 1.807) is 13.0 Å². The fourth-order valence-electron chi connectivity index (χ4n) is 4.45. The minimum absolute atomic E-state index is 0.0982. The molecule has 6 nitrogen and oxygen atoms in total. The Hall–Kier alpha value is -3.41. The number of amides is 1. The van der Waals surface area contributed by atoms with Gasteiger partial charge >= 0.3 is 11.9 Å². The quantitative estimate of drug-likeness (QED) is 0.575. The Kier molecular flexibility index (Phi) is 4.94. The Labute approximate surface area is 175 Å². The van der Waals surface area contributed by atoms with Crippen molar-refractivity contribution in [1.29, 1.82) is 0 Å². The molecule has 1 saturated heterocycles. The fraction of sp³-hybridized carbons (Fsp3) is 0.292. The van der Waals surface area contributed by atoms with Crippen LogP contribution in [0.15, 0.2) is 54.6 Å². The van der Waals surface area contributed by atoms with Crippen LogP contribution in [0.2, 0.25) is 0 Å². The minimum Gasteiger partial charge on any atom is -0.463 e. The molecule has 154 valence electrons. The molecule has 6 heteroatoms. The Morgan fingerprint density at radius 1 is 1.20 bits per heavy atom. The first-order chi connectivity index (χ1) is 14.4. The Bertz CT molecular complexity index is 1060. The van der Waals surface area contributed by atoms with Crippen LogP contribution in [0, 0.1) is 6.92 Å². The number of carbonyl (C=O) groups excluding carboxylic acids is 3. The van der Waals surface area contributed by atoms with Crippen molar-refractivity contribution in [2.45, 2.75) is 38.8 Å². The molecule has 0 N–H and O–H groups in total. The van der Waals surface area contributed by atoms with Crippen molar-refractivity contribution in [2.24, 2.45) is 0 Å². The molecule has 30 heavy (non-hydrogen) atoms. The van der Waals surface area contributed by atoms with E-state index in [0.717, 1.165) is 11.1 Å². The number of ether oxygens (including phenoxy) is 2. The third-order valence-corrected chi connectivity index (χ3v) is 5.61. The number of nitrogens with zero attached hydrogens (tertiary/aromatic N) is 1. The highest BCUT2D eigenvalue weighted by molar-refractivity contribution is 6.10. The number of aryl methyl sites for hydroxylation is 1. The molecule has 4 rings (SSSR count). The molecule has 1 fully saturated rings. The van der Waals surface area contributed by atoms with Crippen LogP contribution in [0.1, 0.15) is 42.9 Å². The van der Waals surface area contributed by atoms with Gasteiger partial charge < -0.3 is 9.47 Å². The SMILES string of the molecule is CCOC(=O)/C=C1\c2ccccc2N(C(C)=O)C12OC(=O)CC2c1ccc(C)cc1. The van der Waals surface area contributed by atoms with Crippen LogP contribution < -0.4 is 4.90 Å². The Balaban J connectivity index is 1.99. The summed E-state index contributed by atoms with van der Waals surface area (Å²) >= 11 is 0. The maximum atomic E-state index is 12.9. The number of hydrogen-bond donors (Lipinski definition) is 0. The first-order valence-electron chi connectivity index (χ1n) is 9.96. The van der Waals surface area contributed by atoms with Crippen molar-refractivity contribution in [3.8, 4) is 0 Å². The number of esters is 2. The van der Waals surface area contributed by atoms with E-state index in [-0.39, 0.29) is 18.9 Å². The zero-order valence-corrected chi connectivity index (χ0v) is 17.2. The van der Waals surface area contributed by atoms with Gasteiger partial charge in [0.2, 0.25) is 11.6 Å². The van der Waals surface area contributed by atoms with Crippen molar-refractivity contribution in [3.63, 3.8) is 0 Å². The second-order valence-corrected chi connectivity index (χ2v) is 7.52. The number of para-hydroxylation sites is 1. The first-order valence-corrected chi connectivity index (χ1v) is 9.96. The highest BCUT2D eigenvalue weighted by Crippen LogP contribution is 2.58. The summed E-state index contributed by atoms with van der Waals surface area (Å²) in [5.74, 6) is -1.71. The predicted molar refractivity (Wildman–Crippen MR) is 112 cm³/mol. The summed E-state index contributed by atoms with van der Waals surface area (Å²) in [5, 5.41) is 0. The van der Waals surface area contributed by atoms with Crippen molar-refractivity contribution >= 4 is 29.1 Å². The molecule has 0 bridgehead atoms. The van der Waals surface area contributed by atoms with E-state index in [2.05, 4.69) is 0 Å². The van der Waals surface area contributed by atoms with Crippen LogP contribution in [0.4, 0.5) is 5.69 Å². The maximum Gasteiger partial charge on any atom is 0.331 e. The van der Waals surface area contributed by atoms with E-state index >= 15 is 0 Å². The van der Waals surface area contributed by atoms with Gasteiger partial charge in [-0.25, -0.2) is 4.79 Å². The van der Waals surface area contributed by atoms with Crippen LogP contribution in [-0.4, -0.2) is 30.2 Å². The largest absolute Gasteiger partial charge is 0.463 e. The monoisotopic (exact) mass is 405 g/mol. The zero-order chi connectivity index (χ0) is 21.5. The van der Waals surface area contributed by atoms with Gasteiger partial charge in [0.1, 0.15) is 0 Å². The molecule has 2 aliphatic rings. The molecule has 2 atom stereocenters. The number of fused-ring (bicyclic) bond motifs is 1. The van der Waals surface area contributed by atoms with E-state index in [9.17, 15) is 14.4 Å². The molecule has 1 amide bonds. The lowest BCUT2D eigenvalue weighted by Crippen LogP contribution is -2.52. The molecule has 0 aliphatic carbocycles. The lowest BCUT2D eigenvalue weighted by atomic mass is 9.81. The van der Waals surface area contributed by atoms with Crippen molar-refractivity contribution in [2.75, 3.05) is 11.5 Å². The molecule has 2 aromatic rings. The Morgan fingerprint density at radius 2 is 1.90 bits per heavy atom. The summed E-state index contributed by atoms with van der Waals surface area (Å²) in [6.07, 6.45) is 1.45. The third kappa shape index (κ3) is 3.00. The molecular formula is C24H23NO5. The van der Waals surface area contributed by atoms with Gasteiger partial charge in [-0.05, 0) is 25.5 Å². The van der Waals surface area contributed by atoms with Gasteiger partial charge in [-0.1, -0.05) is 48.0 Å². The molecule has 0 aromatic heterocycles. The molecule has 2 heterocycles. The van der Waals surface area contributed by atoms with E-state index in [0.29, 0.717) is 16.8 Å². The second-order valence-electron chi connectivity index (χ2n) is 7.52. The van der Waals surface area contributed by atoms with E-state index in [1.807, 2.05) is 49.4 Å². The van der Waals surface area contributed by atoms with Gasteiger partial charge in [0.15, 0.2) is 0 Å². The highest BCUT2D eigenvalue weighted by atomic mass is 16.6. The van der Waals surface area contributed by atoms with Crippen LogP contribution in [0.3, 0.4) is 0 Å². The van der Waals surface area contributed by atoms with Crippen molar-refractivity contribution in [3.05, 3.63) is 71.3 Å². The lowest BCUT2D eigenvalue weighted by Gasteiger charge is -2.38. The molecular weight excluding hydrogens is 382 g/mol. The smallest absolute Gasteiger partial charge is 0.331 e. The normalized spacial score (nSPS) is 23.6. The predicted octanol–water partition coefficient (Wildman–Crippen LogP) is 3.74. The topological polar surface area (TPSA) is 72.9 Å². The van der Waals surface area contributed by atoms with Gasteiger partial charge in [-0.15, -0.1) is 0 Å². The lowest BCUT2D eigenvalue weighted by molar-refractivity contribution is -0.146. The average Bonchev–Trinajstić information content (AvgIpc) is 3.18. The van der Waals surface area contributed by atoms with E-state index in [1.165, 1.54) is 17.9 Å². The summed E-state index contributed by atoms with van der Waals surface area (Å²) in [6.45, 7) is 5.36. The highest BCUT2D eigenvalue weighted by Gasteiger charge is 2.62. The number of hydrogen-bond acceptors (Lipinski definition) is 5. The number of benzene rings is 2. The summed E-state index contributed by atoms with van der Waals surface area (Å²) in [4.78, 5) is 39.4. The zero-order valence-electron chi connectivity index (χ0n) is 17.2. The molecule has 2 aliphatic heterocycles. The van der Waals surface area contributed by atoms with Crippen LogP contribution >= 0.6 is 0 Å². The maximum absolute atomic E-state index is 12.9. The molecule has 2 unspecified atom stereocenters. The number of carbonyl (C=O) groups is 3. The van der Waals surface area contributed by atoms with Crippen LogP contribution in [0.5, 0.6) is 0 Å². The average molecular weight is 405 g/mol. The summed E-state index contributed by atoms with van der Waals surface area (Å²) in [6, 6.07) is 15.0. The van der Waals surface area contributed by atoms with Crippen LogP contribution in [0.25, 0.3) is 5.57 Å². The standard InChI is InChI=1S/C24H23NO5/c1-4-29-22(27)14-20-18-7-5-6-8-21(18)25(16(3)26)24(20)19(13-23(28)30-24)17-11-9-15(2)10-12-17/h5-12,14,19H,4,13H2,1-3H3/b20-14+. The van der Waals surface area contributed by atoms with Gasteiger partial charge in [0.05, 0.1) is 24.6 Å². The van der Waals surface area contributed by atoms with Crippen molar-refractivity contribution in [1.82, 2.24) is 0 Å². The third-order valence-electron chi connectivity index (χ3n) is 5.61. The van der Waals surface area contributed by atoms with E-state index in [4.69, 9.17) is 9.47 Å². The summed E-state index contributed by atoms with van der Waals surface area (Å²) < 4.78 is 11.1. The summed E-state index contributed by atoms with van der Waals surface area (Å²) in [7, 11) is 0. The minimum atomic E-state index is -1.44. The van der Waals surface area contributed by atoms with Gasteiger partial charge in [-0.2, -0.15) is 0 Å². The molecule has 1 spiro atoms. The van der Waals surface area contributed by atoms with Gasteiger partial charge in [0.25, 0.3) is 0 Å². The second kappa shape index (κ2) is 7.44. The van der Waals surface area contributed by atoms with Crippen molar-refractivity contribution < 1.29 is 23.9 Å². The van der Waals surface area contributed by atoms with Gasteiger partial charge in [0, 0.05) is 24.1 Å². The molecule has 0 radical (unpaired) electrons. The molecule has 2 aromatic carbocycles. The number of anilines is 1. The first kappa shape index (κ1) is 19.9. The summed E-state index contributed by atoms with van der Waals surface area (Å²) in [5.41, 5.74) is 2.25.